The zero-order chi connectivity index (χ0) is 20.6. The van der Waals surface area contributed by atoms with Crippen molar-refractivity contribution in [3.8, 4) is 0 Å². The molecular formula is C23H20FNO2S2. The molecule has 0 saturated carbocycles. The second-order valence-corrected chi connectivity index (χ2v) is 9.87. The van der Waals surface area contributed by atoms with E-state index in [-0.39, 0.29) is 11.4 Å². The lowest BCUT2D eigenvalue weighted by molar-refractivity contribution is 0.589. The topological polar surface area (TPSA) is 37.4 Å². The Kier molecular flexibility index (Phi) is 5.15. The maximum Gasteiger partial charge on any atom is 0.265 e. The Balaban J connectivity index is 1.87. The first-order valence-electron chi connectivity index (χ1n) is 9.18. The molecule has 0 saturated heterocycles. The van der Waals surface area contributed by atoms with Crippen LogP contribution in [0.15, 0.2) is 77.7 Å². The molecule has 0 radical (unpaired) electrons. The van der Waals surface area contributed by atoms with Crippen molar-refractivity contribution in [2.75, 3.05) is 4.31 Å². The molecule has 0 aliphatic heterocycles. The Labute approximate surface area is 174 Å². The number of sulfonamides is 1. The molecule has 4 aromatic rings. The third kappa shape index (κ3) is 3.78. The van der Waals surface area contributed by atoms with Crippen molar-refractivity contribution in [2.24, 2.45) is 0 Å². The summed E-state index contributed by atoms with van der Waals surface area (Å²) in [5.41, 5.74) is 2.92. The van der Waals surface area contributed by atoms with Gasteiger partial charge in [0.25, 0.3) is 10.0 Å². The fourth-order valence-electron chi connectivity index (χ4n) is 3.26. The molecule has 3 nitrogen and oxygen atoms in total. The lowest BCUT2D eigenvalue weighted by Gasteiger charge is -2.24. The third-order valence-corrected chi connectivity index (χ3v) is 8.06. The minimum Gasteiger partial charge on any atom is -0.252 e. The number of aryl methyl sites for hydroxylation is 2. The van der Waals surface area contributed by atoms with E-state index in [9.17, 15) is 12.8 Å². The van der Waals surface area contributed by atoms with Crippen molar-refractivity contribution in [1.82, 2.24) is 0 Å². The van der Waals surface area contributed by atoms with Crippen LogP contribution in [0.2, 0.25) is 0 Å². The van der Waals surface area contributed by atoms with E-state index in [1.54, 1.807) is 0 Å². The minimum atomic E-state index is -3.87. The maximum absolute atomic E-state index is 13.6. The van der Waals surface area contributed by atoms with Gasteiger partial charge in [0.2, 0.25) is 0 Å². The van der Waals surface area contributed by atoms with E-state index in [0.29, 0.717) is 5.00 Å². The van der Waals surface area contributed by atoms with Crippen LogP contribution in [0.3, 0.4) is 0 Å². The third-order valence-electron chi connectivity index (χ3n) is 4.89. The zero-order valence-corrected chi connectivity index (χ0v) is 17.7. The number of thiophene rings is 1. The molecule has 0 aliphatic carbocycles. The average molecular weight is 426 g/mol. The van der Waals surface area contributed by atoms with Crippen molar-refractivity contribution in [2.45, 2.75) is 25.3 Å². The summed E-state index contributed by atoms with van der Waals surface area (Å²) in [5.74, 6) is -0.466. The predicted molar refractivity (Wildman–Crippen MR) is 118 cm³/mol. The summed E-state index contributed by atoms with van der Waals surface area (Å²) in [4.78, 5) is 0.0721. The lowest BCUT2D eigenvalue weighted by Crippen LogP contribution is -2.30. The molecule has 1 aromatic heterocycles. The largest absolute Gasteiger partial charge is 0.265 e. The van der Waals surface area contributed by atoms with Crippen LogP contribution in [0.25, 0.3) is 10.1 Å². The Morgan fingerprint density at radius 2 is 1.55 bits per heavy atom. The van der Waals surface area contributed by atoms with E-state index in [1.165, 1.54) is 39.9 Å². The summed E-state index contributed by atoms with van der Waals surface area (Å²) in [7, 11) is -3.87. The number of fused-ring (bicyclic) bond motifs is 1. The van der Waals surface area contributed by atoms with Gasteiger partial charge in [-0.15, -0.1) is 11.3 Å². The SMILES string of the molecule is Cc1ccc(CN(c2sc3ccccc3c2C)S(=O)(=O)c2ccc(F)cc2)cc1. The van der Waals surface area contributed by atoms with Gasteiger partial charge in [-0.25, -0.2) is 12.8 Å². The van der Waals surface area contributed by atoms with Gasteiger partial charge in [-0.3, -0.25) is 4.31 Å². The second-order valence-electron chi connectivity index (χ2n) is 6.98. The van der Waals surface area contributed by atoms with Crippen LogP contribution in [0.5, 0.6) is 0 Å². The first-order valence-corrected chi connectivity index (χ1v) is 11.4. The minimum absolute atomic E-state index is 0.0721. The van der Waals surface area contributed by atoms with Gasteiger partial charge in [0, 0.05) is 4.70 Å². The van der Waals surface area contributed by atoms with Gasteiger partial charge in [0.1, 0.15) is 10.8 Å². The highest BCUT2D eigenvalue weighted by Gasteiger charge is 2.28. The van der Waals surface area contributed by atoms with Gasteiger partial charge in [0.15, 0.2) is 0 Å². The smallest absolute Gasteiger partial charge is 0.252 e. The van der Waals surface area contributed by atoms with Crippen molar-refractivity contribution in [3.05, 3.63) is 95.3 Å². The van der Waals surface area contributed by atoms with Gasteiger partial charge >= 0.3 is 0 Å². The lowest BCUT2D eigenvalue weighted by atomic mass is 10.1. The molecule has 29 heavy (non-hydrogen) atoms. The summed E-state index contributed by atoms with van der Waals surface area (Å²) in [5, 5.41) is 1.71. The molecule has 1 heterocycles. The first-order chi connectivity index (χ1) is 13.9. The number of benzene rings is 3. The van der Waals surface area contributed by atoms with Gasteiger partial charge in [0.05, 0.1) is 11.4 Å². The van der Waals surface area contributed by atoms with Crippen LogP contribution in [-0.4, -0.2) is 8.42 Å². The zero-order valence-electron chi connectivity index (χ0n) is 16.1. The number of hydrogen-bond donors (Lipinski definition) is 0. The molecular weight excluding hydrogens is 405 g/mol. The number of nitrogens with zero attached hydrogens (tertiary/aromatic N) is 1. The normalized spacial score (nSPS) is 11.7. The monoisotopic (exact) mass is 425 g/mol. The van der Waals surface area contributed by atoms with Gasteiger partial charge in [-0.05, 0) is 60.7 Å². The standard InChI is InChI=1S/C23H20FNO2S2/c1-16-7-9-18(10-8-16)15-25(29(26,27)20-13-11-19(24)12-14-20)23-17(2)21-5-3-4-6-22(21)28-23/h3-14H,15H2,1-2H3. The molecule has 6 heteroatoms. The predicted octanol–water partition coefficient (Wildman–Crippen LogP) is 6.05. The highest BCUT2D eigenvalue weighted by Crippen LogP contribution is 2.40. The molecule has 4 rings (SSSR count). The van der Waals surface area contributed by atoms with E-state index >= 15 is 0 Å². The van der Waals surface area contributed by atoms with Crippen molar-refractivity contribution < 1.29 is 12.8 Å². The molecule has 0 amide bonds. The van der Waals surface area contributed by atoms with Crippen LogP contribution < -0.4 is 4.31 Å². The van der Waals surface area contributed by atoms with Gasteiger partial charge in [-0.1, -0.05) is 48.0 Å². The van der Waals surface area contributed by atoms with E-state index in [2.05, 4.69) is 0 Å². The van der Waals surface area contributed by atoms with Crippen LogP contribution in [0.1, 0.15) is 16.7 Å². The van der Waals surface area contributed by atoms with E-state index in [0.717, 1.165) is 26.8 Å². The number of halogens is 1. The molecule has 0 unspecified atom stereocenters. The molecule has 0 bridgehead atoms. The van der Waals surface area contributed by atoms with E-state index in [1.807, 2.05) is 62.4 Å². The van der Waals surface area contributed by atoms with Gasteiger partial charge in [-0.2, -0.15) is 0 Å². The Bertz CT molecular complexity index is 1260. The van der Waals surface area contributed by atoms with Crippen molar-refractivity contribution >= 4 is 36.4 Å². The van der Waals surface area contributed by atoms with E-state index < -0.39 is 15.8 Å². The number of rotatable bonds is 5. The maximum atomic E-state index is 13.6. The Morgan fingerprint density at radius 3 is 2.21 bits per heavy atom. The second kappa shape index (κ2) is 7.61. The summed E-state index contributed by atoms with van der Waals surface area (Å²) < 4.78 is 43.0. The molecule has 148 valence electrons. The van der Waals surface area contributed by atoms with Crippen molar-refractivity contribution in [3.63, 3.8) is 0 Å². The fraction of sp³-hybridized carbons (Fsp3) is 0.130. The summed E-state index contributed by atoms with van der Waals surface area (Å²) in [6, 6.07) is 20.7. The summed E-state index contributed by atoms with van der Waals surface area (Å²) in [6.45, 7) is 4.14. The highest BCUT2D eigenvalue weighted by atomic mass is 32.2. The summed E-state index contributed by atoms with van der Waals surface area (Å²) >= 11 is 1.45. The van der Waals surface area contributed by atoms with Crippen LogP contribution >= 0.6 is 11.3 Å². The Morgan fingerprint density at radius 1 is 0.897 bits per heavy atom. The van der Waals surface area contributed by atoms with Gasteiger partial charge < -0.3 is 0 Å². The number of hydrogen-bond acceptors (Lipinski definition) is 3. The molecule has 0 aliphatic rings. The molecule has 0 fully saturated rings. The van der Waals surface area contributed by atoms with Crippen LogP contribution in [0.4, 0.5) is 9.39 Å². The first kappa shape index (κ1) is 19.6. The van der Waals surface area contributed by atoms with Crippen LogP contribution in [-0.2, 0) is 16.6 Å². The molecule has 0 spiro atoms. The highest BCUT2D eigenvalue weighted by molar-refractivity contribution is 7.93. The van der Waals surface area contributed by atoms with Crippen molar-refractivity contribution in [1.29, 1.82) is 0 Å². The van der Waals surface area contributed by atoms with E-state index in [4.69, 9.17) is 0 Å². The average Bonchev–Trinajstić information content (AvgIpc) is 3.04. The molecule has 0 N–H and O–H groups in total. The summed E-state index contributed by atoms with van der Waals surface area (Å²) in [6.07, 6.45) is 0. The quantitative estimate of drug-likeness (QED) is 0.390. The number of anilines is 1. The Hall–Kier alpha value is -2.70. The molecule has 3 aromatic carbocycles. The fourth-order valence-corrected chi connectivity index (χ4v) is 6.19. The van der Waals surface area contributed by atoms with Crippen LogP contribution in [0, 0.1) is 19.7 Å². The molecule has 0 atom stereocenters.